The van der Waals surface area contributed by atoms with Crippen LogP contribution in [0.5, 0.6) is 0 Å². The first-order valence-corrected chi connectivity index (χ1v) is 7.76. The van der Waals surface area contributed by atoms with Gasteiger partial charge in [0, 0.05) is 29.1 Å². The van der Waals surface area contributed by atoms with E-state index in [0.29, 0.717) is 29.1 Å². The normalized spacial score (nSPS) is 16.3. The van der Waals surface area contributed by atoms with Gasteiger partial charge in [-0.3, -0.25) is 4.79 Å². The zero-order valence-electron chi connectivity index (χ0n) is 10.9. The Hall–Kier alpha value is -0.730. The average molecular weight is 300 g/mol. The van der Waals surface area contributed by atoms with Crippen LogP contribution < -0.4 is 0 Å². The number of alkyl halides is 1. The van der Waals surface area contributed by atoms with Crippen LogP contribution >= 0.6 is 23.2 Å². The van der Waals surface area contributed by atoms with Crippen LogP contribution in [0.1, 0.15) is 42.5 Å². The third kappa shape index (κ3) is 3.87. The van der Waals surface area contributed by atoms with E-state index >= 15 is 0 Å². The number of carbonyl (C=O) groups excluding carboxylic acids is 1. The first-order chi connectivity index (χ1) is 9.22. The Labute approximate surface area is 124 Å². The number of rotatable bonds is 4. The van der Waals surface area contributed by atoms with Gasteiger partial charge in [-0.2, -0.15) is 0 Å². The lowest BCUT2D eigenvalue weighted by molar-refractivity contribution is 0.0649. The molecule has 1 aromatic rings. The number of amides is 1. The summed E-state index contributed by atoms with van der Waals surface area (Å²) in [6, 6.07) is 7.43. The number of benzene rings is 1. The zero-order valence-corrected chi connectivity index (χ0v) is 12.5. The predicted octanol–water partition coefficient (Wildman–Crippen LogP) is 4.35. The Bertz CT molecular complexity index is 413. The number of hydrogen-bond acceptors (Lipinski definition) is 1. The summed E-state index contributed by atoms with van der Waals surface area (Å²) in [4.78, 5) is 14.5. The molecule has 1 aromatic carbocycles. The van der Waals surface area contributed by atoms with Crippen LogP contribution in [-0.2, 0) is 0 Å². The molecular formula is C15H19Cl2NO. The monoisotopic (exact) mass is 299 g/mol. The van der Waals surface area contributed by atoms with Crippen molar-refractivity contribution < 1.29 is 4.79 Å². The van der Waals surface area contributed by atoms with Crippen LogP contribution in [0.3, 0.4) is 0 Å². The van der Waals surface area contributed by atoms with Gasteiger partial charge in [-0.15, -0.1) is 11.6 Å². The number of nitrogens with zero attached hydrogens (tertiary/aromatic N) is 1. The first-order valence-electron chi connectivity index (χ1n) is 6.85. The molecule has 0 aromatic heterocycles. The van der Waals surface area contributed by atoms with Gasteiger partial charge >= 0.3 is 0 Å². The highest BCUT2D eigenvalue weighted by Gasteiger charge is 2.25. The van der Waals surface area contributed by atoms with Crippen molar-refractivity contribution >= 4 is 29.1 Å². The highest BCUT2D eigenvalue weighted by Crippen LogP contribution is 2.24. The van der Waals surface area contributed by atoms with Gasteiger partial charge in [0.25, 0.3) is 5.91 Å². The van der Waals surface area contributed by atoms with E-state index in [1.54, 1.807) is 24.3 Å². The minimum atomic E-state index is 0.0733. The van der Waals surface area contributed by atoms with E-state index in [1.165, 1.54) is 19.3 Å². The standard InChI is InChI=1S/C15H19Cl2NO/c16-10-11-18(14-4-2-1-3-5-14)15(19)12-6-8-13(17)9-7-12/h6-9,14H,1-5,10-11H2. The molecule has 0 unspecified atom stereocenters. The fourth-order valence-corrected chi connectivity index (χ4v) is 3.00. The molecule has 0 N–H and O–H groups in total. The number of halogens is 2. The molecular weight excluding hydrogens is 281 g/mol. The van der Waals surface area contributed by atoms with E-state index in [0.717, 1.165) is 12.8 Å². The summed E-state index contributed by atoms with van der Waals surface area (Å²) < 4.78 is 0. The molecule has 2 rings (SSSR count). The minimum Gasteiger partial charge on any atom is -0.334 e. The fourth-order valence-electron chi connectivity index (χ4n) is 2.69. The van der Waals surface area contributed by atoms with Crippen LogP contribution in [0.25, 0.3) is 0 Å². The lowest BCUT2D eigenvalue weighted by Crippen LogP contribution is -2.42. The van der Waals surface area contributed by atoms with Gasteiger partial charge < -0.3 is 4.90 Å². The molecule has 104 valence electrons. The van der Waals surface area contributed by atoms with Gasteiger partial charge in [0.1, 0.15) is 0 Å². The molecule has 1 aliphatic carbocycles. The van der Waals surface area contributed by atoms with Gasteiger partial charge in [0.2, 0.25) is 0 Å². The molecule has 0 bridgehead atoms. The van der Waals surface area contributed by atoms with Crippen molar-refractivity contribution in [3.63, 3.8) is 0 Å². The summed E-state index contributed by atoms with van der Waals surface area (Å²) in [6.45, 7) is 0.619. The minimum absolute atomic E-state index is 0.0733. The molecule has 0 radical (unpaired) electrons. The summed E-state index contributed by atoms with van der Waals surface area (Å²) in [5.41, 5.74) is 0.695. The van der Waals surface area contributed by atoms with Crippen LogP contribution in [0.2, 0.25) is 5.02 Å². The Morgan fingerprint density at radius 3 is 2.37 bits per heavy atom. The Morgan fingerprint density at radius 1 is 1.16 bits per heavy atom. The zero-order chi connectivity index (χ0) is 13.7. The van der Waals surface area contributed by atoms with Crippen molar-refractivity contribution in [1.29, 1.82) is 0 Å². The van der Waals surface area contributed by atoms with E-state index in [4.69, 9.17) is 23.2 Å². The maximum Gasteiger partial charge on any atom is 0.254 e. The summed E-state index contributed by atoms with van der Waals surface area (Å²) in [5, 5.41) is 0.651. The van der Waals surface area contributed by atoms with Crippen LogP contribution in [0.15, 0.2) is 24.3 Å². The molecule has 0 heterocycles. The van der Waals surface area contributed by atoms with Crippen molar-refractivity contribution in [2.45, 2.75) is 38.1 Å². The van der Waals surface area contributed by atoms with Crippen molar-refractivity contribution in [3.05, 3.63) is 34.9 Å². The van der Waals surface area contributed by atoms with Crippen molar-refractivity contribution in [2.75, 3.05) is 12.4 Å². The van der Waals surface area contributed by atoms with E-state index in [-0.39, 0.29) is 5.91 Å². The van der Waals surface area contributed by atoms with E-state index in [2.05, 4.69) is 0 Å². The summed E-state index contributed by atoms with van der Waals surface area (Å²) in [5.74, 6) is 0.555. The quantitative estimate of drug-likeness (QED) is 0.757. The molecule has 4 heteroatoms. The van der Waals surface area contributed by atoms with Crippen molar-refractivity contribution in [1.82, 2.24) is 4.90 Å². The highest BCUT2D eigenvalue weighted by molar-refractivity contribution is 6.30. The molecule has 1 amide bonds. The van der Waals surface area contributed by atoms with Gasteiger partial charge in [0.15, 0.2) is 0 Å². The molecule has 1 saturated carbocycles. The predicted molar refractivity (Wildman–Crippen MR) is 80.1 cm³/mol. The molecule has 1 fully saturated rings. The second kappa shape index (κ2) is 7.16. The maximum atomic E-state index is 12.6. The third-order valence-electron chi connectivity index (χ3n) is 3.69. The summed E-state index contributed by atoms with van der Waals surface area (Å²) >= 11 is 11.7. The molecule has 0 aliphatic heterocycles. The van der Waals surface area contributed by atoms with E-state index in [9.17, 15) is 4.79 Å². The van der Waals surface area contributed by atoms with Gasteiger partial charge in [0.05, 0.1) is 0 Å². The second-order valence-electron chi connectivity index (χ2n) is 4.99. The molecule has 2 nitrogen and oxygen atoms in total. The molecule has 0 atom stereocenters. The third-order valence-corrected chi connectivity index (χ3v) is 4.11. The summed E-state index contributed by atoms with van der Waals surface area (Å²) in [7, 11) is 0. The SMILES string of the molecule is O=C(c1ccc(Cl)cc1)N(CCCl)C1CCCCC1. The smallest absolute Gasteiger partial charge is 0.254 e. The average Bonchev–Trinajstić information content (AvgIpc) is 2.46. The number of carbonyl (C=O) groups is 1. The van der Waals surface area contributed by atoms with Gasteiger partial charge in [-0.1, -0.05) is 30.9 Å². The first kappa shape index (κ1) is 14.7. The Balaban J connectivity index is 2.13. The van der Waals surface area contributed by atoms with E-state index < -0.39 is 0 Å². The molecule has 19 heavy (non-hydrogen) atoms. The summed E-state index contributed by atoms with van der Waals surface area (Å²) in [6.07, 6.45) is 5.88. The number of hydrogen-bond donors (Lipinski definition) is 0. The van der Waals surface area contributed by atoms with Crippen molar-refractivity contribution in [2.24, 2.45) is 0 Å². The molecule has 1 aliphatic rings. The lowest BCUT2D eigenvalue weighted by atomic mass is 9.93. The van der Waals surface area contributed by atoms with Gasteiger partial charge in [-0.05, 0) is 37.1 Å². The van der Waals surface area contributed by atoms with Crippen LogP contribution in [0.4, 0.5) is 0 Å². The highest BCUT2D eigenvalue weighted by atomic mass is 35.5. The van der Waals surface area contributed by atoms with Gasteiger partial charge in [-0.25, -0.2) is 0 Å². The Morgan fingerprint density at radius 2 is 1.79 bits per heavy atom. The second-order valence-corrected chi connectivity index (χ2v) is 5.80. The van der Waals surface area contributed by atoms with E-state index in [1.807, 2.05) is 4.90 Å². The van der Waals surface area contributed by atoms with Crippen LogP contribution in [-0.4, -0.2) is 29.3 Å². The molecule has 0 spiro atoms. The molecule has 0 saturated heterocycles. The fraction of sp³-hybridized carbons (Fsp3) is 0.533. The maximum absolute atomic E-state index is 12.6. The topological polar surface area (TPSA) is 20.3 Å². The largest absolute Gasteiger partial charge is 0.334 e. The lowest BCUT2D eigenvalue weighted by Gasteiger charge is -2.34. The van der Waals surface area contributed by atoms with Crippen LogP contribution in [0, 0.1) is 0 Å². The Kier molecular flexibility index (Phi) is 5.53. The van der Waals surface area contributed by atoms with Crippen molar-refractivity contribution in [3.8, 4) is 0 Å².